The summed E-state index contributed by atoms with van der Waals surface area (Å²) in [5, 5.41) is 10.6. The predicted octanol–water partition coefficient (Wildman–Crippen LogP) is 21.8. The minimum absolute atomic E-state index is 0.0228. The Kier molecular flexibility index (Phi) is 68.8. The molecule has 17 nitrogen and oxygen atoms in total. The first-order valence-corrected chi connectivity index (χ1v) is 40.7. The first-order chi connectivity index (χ1) is 49.7. The lowest BCUT2D eigenvalue weighted by atomic mass is 10.1. The summed E-state index contributed by atoms with van der Waals surface area (Å²) in [6.07, 6.45) is 89.0. The molecule has 0 radical (unpaired) electrons. The molecule has 19 heteroatoms. The van der Waals surface area contributed by atoms with Gasteiger partial charge >= 0.3 is 39.5 Å². The molecule has 0 bridgehead atoms. The van der Waals surface area contributed by atoms with Gasteiger partial charge in [0.05, 0.1) is 32.8 Å². The summed E-state index contributed by atoms with van der Waals surface area (Å²) in [6.45, 7) is 4.15. The quantitative estimate of drug-likeness (QED) is 0.0169. The number of esters is 4. The highest BCUT2D eigenvalue weighted by molar-refractivity contribution is 7.47. The number of unbranched alkanes of at least 4 members (excludes halogenated alkanes) is 11. The van der Waals surface area contributed by atoms with E-state index in [1.807, 2.05) is 18.2 Å². The molecule has 0 spiro atoms. The molecule has 0 saturated heterocycles. The molecule has 0 saturated carbocycles. The smallest absolute Gasteiger partial charge is 0.462 e. The Morgan fingerprint density at radius 2 is 0.520 bits per heavy atom. The van der Waals surface area contributed by atoms with Gasteiger partial charge in [0.25, 0.3) is 0 Å². The van der Waals surface area contributed by atoms with Gasteiger partial charge in [-0.05, 0) is 161 Å². The van der Waals surface area contributed by atoms with Crippen LogP contribution in [-0.2, 0) is 65.4 Å². The van der Waals surface area contributed by atoms with Crippen LogP contribution in [0.5, 0.6) is 0 Å². The zero-order chi connectivity index (χ0) is 74.6. The molecule has 0 amide bonds. The number of hydrogen-bond acceptors (Lipinski definition) is 15. The van der Waals surface area contributed by atoms with E-state index in [0.29, 0.717) is 32.1 Å². The number of carbonyl (C=O) groups is 4. The molecule has 0 heterocycles. The number of allylic oxidation sites excluding steroid dienone is 31. The van der Waals surface area contributed by atoms with Crippen LogP contribution in [0.15, 0.2) is 194 Å². The minimum atomic E-state index is -5.02. The Hall–Kier alpha value is -6.10. The van der Waals surface area contributed by atoms with Crippen LogP contribution in [0.4, 0.5) is 0 Å². The molecule has 0 aromatic carbocycles. The number of aliphatic hydroxyl groups excluding tert-OH is 1. The van der Waals surface area contributed by atoms with Crippen molar-refractivity contribution < 1.29 is 80.2 Å². The Morgan fingerprint density at radius 1 is 0.284 bits per heavy atom. The predicted molar refractivity (Wildman–Crippen MR) is 417 cm³/mol. The molecular formula is C83H130O17P2. The highest BCUT2D eigenvalue weighted by Gasteiger charge is 2.30. The van der Waals surface area contributed by atoms with Crippen molar-refractivity contribution in [1.29, 1.82) is 0 Å². The second-order valence-electron chi connectivity index (χ2n) is 24.1. The van der Waals surface area contributed by atoms with Crippen molar-refractivity contribution in [2.24, 2.45) is 0 Å². The normalized spacial score (nSPS) is 15.0. The number of carbonyl (C=O) groups excluding carboxylic acids is 4. The Balaban J connectivity index is 5.52. The number of rotatable bonds is 68. The second-order valence-corrected chi connectivity index (χ2v) is 27.0. The van der Waals surface area contributed by atoms with Crippen molar-refractivity contribution in [2.75, 3.05) is 39.6 Å². The van der Waals surface area contributed by atoms with Crippen molar-refractivity contribution in [2.45, 2.75) is 264 Å². The van der Waals surface area contributed by atoms with E-state index in [0.717, 1.165) is 161 Å². The molecule has 3 N–H and O–H groups in total. The molecule has 0 aliphatic rings. The van der Waals surface area contributed by atoms with E-state index in [1.165, 1.54) is 0 Å². The molecule has 0 aromatic heterocycles. The molecule has 102 heavy (non-hydrogen) atoms. The van der Waals surface area contributed by atoms with E-state index in [2.05, 4.69) is 192 Å². The Morgan fingerprint density at radius 3 is 0.843 bits per heavy atom. The average molecular weight is 1460 g/mol. The van der Waals surface area contributed by atoms with Gasteiger partial charge < -0.3 is 33.8 Å². The van der Waals surface area contributed by atoms with Crippen molar-refractivity contribution in [3.05, 3.63) is 194 Å². The van der Waals surface area contributed by atoms with Gasteiger partial charge in [-0.2, -0.15) is 0 Å². The molecule has 5 atom stereocenters. The van der Waals surface area contributed by atoms with Gasteiger partial charge in [0.15, 0.2) is 12.2 Å². The standard InChI is InChI=1S/C83H130O17P2/c1-5-9-13-17-21-25-29-33-37-38-42-44-48-52-56-60-64-68-81(86)94-74-79(100-83(88)70-66-62-58-54-50-46-41-36-32-28-24-20-16-12-8-4)76-98-102(91,92)96-72-77(84)71-95-101(89,90)97-75-78(99-82(87)69-65-61-57-53-49-45-40-35-31-27-23-19-15-11-7-3)73-93-80(85)67-63-59-55-51-47-43-39-34-30-26-22-18-14-10-6-2/h9-16,21-28,33-37,39-41,47,49-51,53-54,62,66,77-79,84H,5-8,17-20,29-32,38,42-46,48,52,55-61,63-65,67-76H2,1-4H3,(H,89,90)(H,91,92)/b13-9-,14-10-,15-11-,16-12-,25-21-,26-22-,27-23-,28-24-,37-33-,39-34-,40-35-,41-36-,51-47-,53-49-,54-50-,66-62-. The van der Waals surface area contributed by atoms with Crippen LogP contribution in [0.2, 0.25) is 0 Å². The maximum absolute atomic E-state index is 13.1. The van der Waals surface area contributed by atoms with Gasteiger partial charge in [-0.1, -0.05) is 254 Å². The summed E-state index contributed by atoms with van der Waals surface area (Å²) < 4.78 is 68.2. The zero-order valence-electron chi connectivity index (χ0n) is 62.4. The third kappa shape index (κ3) is 72.3. The lowest BCUT2D eigenvalue weighted by Crippen LogP contribution is -2.30. The summed E-state index contributed by atoms with van der Waals surface area (Å²) >= 11 is 0. The van der Waals surface area contributed by atoms with Crippen LogP contribution >= 0.6 is 15.6 Å². The zero-order valence-corrected chi connectivity index (χ0v) is 64.2. The summed E-state index contributed by atoms with van der Waals surface area (Å²) in [7, 11) is -10.0. The molecular weight excluding hydrogens is 1330 g/mol. The minimum Gasteiger partial charge on any atom is -0.462 e. The van der Waals surface area contributed by atoms with Gasteiger partial charge in [-0.15, -0.1) is 0 Å². The van der Waals surface area contributed by atoms with Crippen molar-refractivity contribution >= 4 is 39.5 Å². The fraction of sp³-hybridized carbons (Fsp3) is 0.566. The fourth-order valence-electron chi connectivity index (χ4n) is 9.00. The monoisotopic (exact) mass is 1460 g/mol. The third-order valence-corrected chi connectivity index (χ3v) is 16.5. The molecule has 0 fully saturated rings. The first kappa shape index (κ1) is 95.9. The van der Waals surface area contributed by atoms with Crippen LogP contribution in [0.1, 0.15) is 246 Å². The van der Waals surface area contributed by atoms with E-state index in [4.69, 9.17) is 37.0 Å². The largest absolute Gasteiger partial charge is 0.472 e. The lowest BCUT2D eigenvalue weighted by Gasteiger charge is -2.21. The van der Waals surface area contributed by atoms with E-state index in [1.54, 1.807) is 12.2 Å². The number of aliphatic hydroxyl groups is 1. The molecule has 0 rings (SSSR count). The van der Waals surface area contributed by atoms with Crippen LogP contribution in [0.3, 0.4) is 0 Å². The van der Waals surface area contributed by atoms with Crippen molar-refractivity contribution in [3.63, 3.8) is 0 Å². The summed E-state index contributed by atoms with van der Waals surface area (Å²) in [5.41, 5.74) is 0. The van der Waals surface area contributed by atoms with Crippen molar-refractivity contribution in [1.82, 2.24) is 0 Å². The van der Waals surface area contributed by atoms with Gasteiger partial charge in [-0.25, -0.2) is 9.13 Å². The summed E-state index contributed by atoms with van der Waals surface area (Å²) in [5.74, 6) is -2.46. The number of hydrogen-bond donors (Lipinski definition) is 3. The van der Waals surface area contributed by atoms with Crippen LogP contribution in [-0.4, -0.2) is 96.7 Å². The Labute approximate surface area is 615 Å². The molecule has 5 unspecified atom stereocenters. The van der Waals surface area contributed by atoms with Gasteiger partial charge in [0.2, 0.25) is 0 Å². The SMILES string of the molecule is CC/C=C\C/C=C\C/C=C\C/C=C\C/C=C\CC(=O)OC(COC(=O)CCCCCCCCC/C=C\C/C=C\C/C=C\CC)COP(=O)(O)OCC(O)COP(=O)(O)OCC(COC(=O)CCCC/C=C\C/C=C\C/C=C\C/C=C\CC)OC(=O)CCCC/C=C\C/C=C\C/C=C\C/C=C\CC. The van der Waals surface area contributed by atoms with Crippen LogP contribution in [0, 0.1) is 0 Å². The fourth-order valence-corrected chi connectivity index (χ4v) is 10.6. The van der Waals surface area contributed by atoms with Gasteiger partial charge in [0, 0.05) is 19.3 Å². The van der Waals surface area contributed by atoms with E-state index in [9.17, 15) is 43.2 Å². The molecule has 574 valence electrons. The number of phosphoric ester groups is 2. The number of ether oxygens (including phenoxy) is 4. The summed E-state index contributed by atoms with van der Waals surface area (Å²) in [4.78, 5) is 72.8. The highest BCUT2D eigenvalue weighted by atomic mass is 31.2. The summed E-state index contributed by atoms with van der Waals surface area (Å²) in [6, 6.07) is 0. The van der Waals surface area contributed by atoms with E-state index >= 15 is 0 Å². The van der Waals surface area contributed by atoms with Gasteiger partial charge in [0.1, 0.15) is 19.3 Å². The maximum Gasteiger partial charge on any atom is 0.472 e. The average Bonchev–Trinajstić information content (AvgIpc) is 0.919. The van der Waals surface area contributed by atoms with Crippen molar-refractivity contribution in [3.8, 4) is 0 Å². The van der Waals surface area contributed by atoms with E-state index < -0.39 is 97.5 Å². The first-order valence-electron chi connectivity index (χ1n) is 37.7. The van der Waals surface area contributed by atoms with Crippen LogP contribution in [0.25, 0.3) is 0 Å². The molecule has 0 aliphatic heterocycles. The highest BCUT2D eigenvalue weighted by Crippen LogP contribution is 2.45. The Bertz CT molecular complexity index is 2700. The van der Waals surface area contributed by atoms with Crippen LogP contribution < -0.4 is 0 Å². The third-order valence-electron chi connectivity index (χ3n) is 14.6. The second kappa shape index (κ2) is 73.2. The van der Waals surface area contributed by atoms with E-state index in [-0.39, 0.29) is 25.7 Å². The maximum atomic E-state index is 13.1. The number of phosphoric acid groups is 2. The molecule has 0 aliphatic carbocycles. The molecule has 0 aromatic rings. The topological polar surface area (TPSA) is 237 Å². The lowest BCUT2D eigenvalue weighted by molar-refractivity contribution is -0.161. The van der Waals surface area contributed by atoms with Gasteiger partial charge in [-0.3, -0.25) is 37.3 Å².